The van der Waals surface area contributed by atoms with Gasteiger partial charge in [-0.25, -0.2) is 4.57 Å². The van der Waals surface area contributed by atoms with E-state index in [1.54, 1.807) is 0 Å². The number of unbranched alkanes of at least 4 members (excludes halogenated alkanes) is 28. The van der Waals surface area contributed by atoms with Crippen molar-refractivity contribution in [2.75, 3.05) is 33.0 Å². The molecule has 0 rings (SSSR count). The highest BCUT2D eigenvalue weighted by Gasteiger charge is 2.25. The number of esters is 1. The van der Waals surface area contributed by atoms with Gasteiger partial charge in [-0.2, -0.15) is 0 Å². The minimum absolute atomic E-state index is 0.0949. The van der Waals surface area contributed by atoms with Crippen LogP contribution in [0.25, 0.3) is 0 Å². The highest BCUT2D eigenvalue weighted by Crippen LogP contribution is 2.43. The monoisotopic (exact) mass is 800 g/mol. The Kier molecular flexibility index (Phi) is 43.3. The number of nitrogens with two attached hydrogens (primary N) is 1. The van der Waals surface area contributed by atoms with Gasteiger partial charge in [-0.05, 0) is 44.9 Å². The van der Waals surface area contributed by atoms with Crippen LogP contribution in [0.5, 0.6) is 0 Å². The smallest absolute Gasteiger partial charge is 0.457 e. The third-order valence-corrected chi connectivity index (χ3v) is 11.1. The molecule has 0 aromatic heterocycles. The fraction of sp³-hybridized carbons (Fsp3) is 0.891. The molecule has 8 nitrogen and oxygen atoms in total. The van der Waals surface area contributed by atoms with Crippen molar-refractivity contribution in [3.05, 3.63) is 24.3 Å². The van der Waals surface area contributed by atoms with E-state index in [0.29, 0.717) is 13.0 Å². The number of allylic oxidation sites excluding steroid dienone is 4. The molecule has 326 valence electrons. The zero-order chi connectivity index (χ0) is 40.2. The van der Waals surface area contributed by atoms with Gasteiger partial charge in [0, 0.05) is 19.6 Å². The number of carbonyl (C=O) groups is 1. The largest absolute Gasteiger partial charge is 0.472 e. The third-order valence-electron chi connectivity index (χ3n) is 10.1. The molecule has 0 bridgehead atoms. The lowest BCUT2D eigenvalue weighted by Gasteiger charge is -2.20. The molecule has 0 aliphatic heterocycles. The molecule has 0 saturated heterocycles. The molecule has 0 spiro atoms. The number of phosphoric ester groups is 1. The maximum Gasteiger partial charge on any atom is 0.472 e. The topological polar surface area (TPSA) is 117 Å². The van der Waals surface area contributed by atoms with E-state index >= 15 is 0 Å². The Bertz CT molecular complexity index is 900. The molecular formula is C46H90NO7P. The predicted octanol–water partition coefficient (Wildman–Crippen LogP) is 14.0. The van der Waals surface area contributed by atoms with Crippen LogP contribution in [0.1, 0.15) is 226 Å². The predicted molar refractivity (Wildman–Crippen MR) is 233 cm³/mol. The Morgan fingerprint density at radius 2 is 0.964 bits per heavy atom. The van der Waals surface area contributed by atoms with E-state index < -0.39 is 13.9 Å². The summed E-state index contributed by atoms with van der Waals surface area (Å²) in [6, 6.07) is 0. The summed E-state index contributed by atoms with van der Waals surface area (Å²) in [4.78, 5) is 22.5. The summed E-state index contributed by atoms with van der Waals surface area (Å²) in [5, 5.41) is 0. The molecule has 0 saturated carbocycles. The molecule has 0 radical (unpaired) electrons. The fourth-order valence-corrected chi connectivity index (χ4v) is 7.44. The number of carbonyl (C=O) groups excluding carboxylic acids is 1. The SMILES string of the molecule is CCCCC/C=C\C/C=C\CCCCCCCCCC(=O)OC(COCCCCCCCCCCCCCCCCCCCCC)COP(=O)(O)OCCN. The van der Waals surface area contributed by atoms with Crippen LogP contribution in [-0.2, 0) is 27.9 Å². The van der Waals surface area contributed by atoms with Gasteiger partial charge in [-0.1, -0.05) is 199 Å². The third kappa shape index (κ3) is 43.9. The zero-order valence-electron chi connectivity index (χ0n) is 36.2. The van der Waals surface area contributed by atoms with Gasteiger partial charge in [0.05, 0.1) is 19.8 Å². The molecule has 0 fully saturated rings. The molecule has 2 atom stereocenters. The average Bonchev–Trinajstić information content (AvgIpc) is 3.17. The Morgan fingerprint density at radius 1 is 0.545 bits per heavy atom. The Hall–Kier alpha value is -1.02. The molecule has 0 aromatic rings. The second kappa shape index (κ2) is 44.1. The summed E-state index contributed by atoms with van der Waals surface area (Å²) >= 11 is 0. The molecular weight excluding hydrogens is 709 g/mol. The molecule has 2 unspecified atom stereocenters. The highest BCUT2D eigenvalue weighted by molar-refractivity contribution is 7.47. The average molecular weight is 800 g/mol. The van der Waals surface area contributed by atoms with Crippen molar-refractivity contribution in [3.63, 3.8) is 0 Å². The maximum absolute atomic E-state index is 12.6. The van der Waals surface area contributed by atoms with E-state index in [9.17, 15) is 14.3 Å². The quantitative estimate of drug-likeness (QED) is 0.0271. The molecule has 0 aliphatic rings. The number of hydrogen-bond donors (Lipinski definition) is 2. The van der Waals surface area contributed by atoms with E-state index in [0.717, 1.165) is 44.9 Å². The molecule has 0 heterocycles. The van der Waals surface area contributed by atoms with Crippen molar-refractivity contribution in [1.29, 1.82) is 0 Å². The minimum atomic E-state index is -4.28. The van der Waals surface area contributed by atoms with Crippen LogP contribution in [0.4, 0.5) is 0 Å². The second-order valence-electron chi connectivity index (χ2n) is 15.6. The molecule has 0 amide bonds. The van der Waals surface area contributed by atoms with Gasteiger partial charge in [0.1, 0.15) is 6.10 Å². The van der Waals surface area contributed by atoms with Gasteiger partial charge in [0.15, 0.2) is 0 Å². The first-order chi connectivity index (χ1) is 26.9. The van der Waals surface area contributed by atoms with Crippen molar-refractivity contribution in [3.8, 4) is 0 Å². The van der Waals surface area contributed by atoms with Gasteiger partial charge in [-0.15, -0.1) is 0 Å². The lowest BCUT2D eigenvalue weighted by Crippen LogP contribution is -2.28. The van der Waals surface area contributed by atoms with Gasteiger partial charge in [-0.3, -0.25) is 13.8 Å². The van der Waals surface area contributed by atoms with E-state index in [1.807, 2.05) is 0 Å². The van der Waals surface area contributed by atoms with Crippen LogP contribution in [0.2, 0.25) is 0 Å². The molecule has 3 N–H and O–H groups in total. The van der Waals surface area contributed by atoms with Crippen LogP contribution < -0.4 is 5.73 Å². The van der Waals surface area contributed by atoms with Gasteiger partial charge in [0.25, 0.3) is 0 Å². The molecule has 0 aromatic carbocycles. The number of ether oxygens (including phenoxy) is 2. The summed E-state index contributed by atoms with van der Waals surface area (Å²) in [5.74, 6) is -0.334. The van der Waals surface area contributed by atoms with E-state index in [4.69, 9.17) is 24.3 Å². The molecule has 55 heavy (non-hydrogen) atoms. The Morgan fingerprint density at radius 3 is 1.45 bits per heavy atom. The van der Waals surface area contributed by atoms with Crippen LogP contribution in [0, 0.1) is 0 Å². The summed E-state index contributed by atoms with van der Waals surface area (Å²) in [7, 11) is -4.28. The van der Waals surface area contributed by atoms with Crippen molar-refractivity contribution in [2.24, 2.45) is 5.73 Å². The molecule has 0 aliphatic carbocycles. The number of phosphoric acid groups is 1. The lowest BCUT2D eigenvalue weighted by molar-refractivity contribution is -0.154. The van der Waals surface area contributed by atoms with E-state index in [-0.39, 0.29) is 32.3 Å². The van der Waals surface area contributed by atoms with Gasteiger partial charge >= 0.3 is 13.8 Å². The number of hydrogen-bond acceptors (Lipinski definition) is 7. The van der Waals surface area contributed by atoms with Crippen LogP contribution in [0.3, 0.4) is 0 Å². The zero-order valence-corrected chi connectivity index (χ0v) is 37.1. The van der Waals surface area contributed by atoms with Crippen LogP contribution in [0.15, 0.2) is 24.3 Å². The first-order valence-corrected chi connectivity index (χ1v) is 24.8. The first-order valence-electron chi connectivity index (χ1n) is 23.3. The van der Waals surface area contributed by atoms with Gasteiger partial charge in [0.2, 0.25) is 0 Å². The maximum atomic E-state index is 12.6. The van der Waals surface area contributed by atoms with E-state index in [2.05, 4.69) is 38.2 Å². The first kappa shape index (κ1) is 54.0. The summed E-state index contributed by atoms with van der Waals surface area (Å²) in [6.07, 6.45) is 49.1. The van der Waals surface area contributed by atoms with Crippen molar-refractivity contribution >= 4 is 13.8 Å². The summed E-state index contributed by atoms with van der Waals surface area (Å²) in [5.41, 5.74) is 5.38. The molecule has 9 heteroatoms. The van der Waals surface area contributed by atoms with Gasteiger partial charge < -0.3 is 20.1 Å². The Balaban J connectivity index is 3.97. The summed E-state index contributed by atoms with van der Waals surface area (Å²) < 4.78 is 33.5. The van der Waals surface area contributed by atoms with E-state index in [1.165, 1.54) is 161 Å². The lowest BCUT2D eigenvalue weighted by atomic mass is 10.0. The van der Waals surface area contributed by atoms with Crippen LogP contribution in [-0.4, -0.2) is 49.9 Å². The highest BCUT2D eigenvalue weighted by atomic mass is 31.2. The minimum Gasteiger partial charge on any atom is -0.457 e. The van der Waals surface area contributed by atoms with Crippen LogP contribution >= 0.6 is 7.82 Å². The fourth-order valence-electron chi connectivity index (χ4n) is 6.68. The summed E-state index contributed by atoms with van der Waals surface area (Å²) in [6.45, 7) is 4.93. The van der Waals surface area contributed by atoms with Crippen molar-refractivity contribution in [1.82, 2.24) is 0 Å². The second-order valence-corrected chi connectivity index (χ2v) is 17.1. The normalized spacial score (nSPS) is 13.6. The number of rotatable bonds is 45. The Labute approximate surface area is 340 Å². The van der Waals surface area contributed by atoms with Crippen molar-refractivity contribution < 1.29 is 32.8 Å². The standard InChI is InChI=1S/C46H90NO7P/c1-3-5-7-9-11-13-15-17-19-21-22-24-26-28-30-32-34-36-38-41-51-43-45(44-53-55(49,50)52-42-40-47)54-46(48)39-37-35-33-31-29-27-25-23-20-18-16-14-12-10-8-6-4-2/h12,14,18,20,45H,3-11,13,15-17,19,21-44,47H2,1-2H3,(H,49,50)/b14-12-,20-18-. The van der Waals surface area contributed by atoms with Crippen molar-refractivity contribution in [2.45, 2.75) is 232 Å².